The van der Waals surface area contributed by atoms with Crippen molar-refractivity contribution in [3.05, 3.63) is 11.8 Å². The summed E-state index contributed by atoms with van der Waals surface area (Å²) in [6.07, 6.45) is 0. The summed E-state index contributed by atoms with van der Waals surface area (Å²) in [5, 5.41) is 17.8. The molecule has 0 bridgehead atoms. The van der Waals surface area contributed by atoms with Crippen LogP contribution in [0.1, 0.15) is 19.6 Å². The minimum atomic E-state index is -0.360. The van der Waals surface area contributed by atoms with Gasteiger partial charge in [-0.25, -0.2) is 4.79 Å². The quantitative estimate of drug-likeness (QED) is 0.719. The fourth-order valence-electron chi connectivity index (χ4n) is 1.08. The van der Waals surface area contributed by atoms with E-state index in [1.165, 1.54) is 0 Å². The van der Waals surface area contributed by atoms with E-state index in [0.717, 1.165) is 0 Å². The van der Waals surface area contributed by atoms with E-state index in [0.29, 0.717) is 11.6 Å². The SMILES string of the molecule is Cc1cc(NC(=O)N[C@@H](C)[C@@H](C)CO)no1. The molecule has 0 aromatic carbocycles. The summed E-state index contributed by atoms with van der Waals surface area (Å²) in [7, 11) is 0. The summed E-state index contributed by atoms with van der Waals surface area (Å²) in [4.78, 5) is 11.5. The molecule has 16 heavy (non-hydrogen) atoms. The molecule has 1 aromatic heterocycles. The van der Waals surface area contributed by atoms with Gasteiger partial charge in [0.1, 0.15) is 5.76 Å². The van der Waals surface area contributed by atoms with Crippen LogP contribution in [0, 0.1) is 12.8 Å². The predicted octanol–water partition coefficient (Wildman–Crippen LogP) is 1.12. The van der Waals surface area contributed by atoms with E-state index < -0.39 is 0 Å². The first-order valence-electron chi connectivity index (χ1n) is 5.14. The van der Waals surface area contributed by atoms with Gasteiger partial charge >= 0.3 is 6.03 Å². The van der Waals surface area contributed by atoms with Crippen molar-refractivity contribution in [2.75, 3.05) is 11.9 Å². The lowest BCUT2D eigenvalue weighted by Crippen LogP contribution is -2.40. The van der Waals surface area contributed by atoms with E-state index in [2.05, 4.69) is 15.8 Å². The maximum Gasteiger partial charge on any atom is 0.320 e. The number of hydrogen-bond donors (Lipinski definition) is 3. The third kappa shape index (κ3) is 3.54. The van der Waals surface area contributed by atoms with Crippen LogP contribution in [-0.2, 0) is 0 Å². The summed E-state index contributed by atoms with van der Waals surface area (Å²) in [5.41, 5.74) is 0. The Morgan fingerprint density at radius 1 is 1.62 bits per heavy atom. The highest BCUT2D eigenvalue weighted by Gasteiger charge is 2.14. The van der Waals surface area contributed by atoms with Crippen molar-refractivity contribution in [3.63, 3.8) is 0 Å². The molecule has 0 fully saturated rings. The third-order valence-corrected chi connectivity index (χ3v) is 2.37. The molecular formula is C10H17N3O3. The summed E-state index contributed by atoms with van der Waals surface area (Å²) >= 11 is 0. The van der Waals surface area contributed by atoms with E-state index in [1.807, 2.05) is 13.8 Å². The van der Waals surface area contributed by atoms with Crippen molar-refractivity contribution in [2.24, 2.45) is 5.92 Å². The number of carbonyl (C=O) groups excluding carboxylic acids is 1. The van der Waals surface area contributed by atoms with Crippen molar-refractivity contribution >= 4 is 11.8 Å². The monoisotopic (exact) mass is 227 g/mol. The van der Waals surface area contributed by atoms with Gasteiger partial charge in [0, 0.05) is 18.7 Å². The van der Waals surface area contributed by atoms with Gasteiger partial charge in [0.25, 0.3) is 0 Å². The number of urea groups is 1. The molecule has 1 rings (SSSR count). The molecule has 1 heterocycles. The lowest BCUT2D eigenvalue weighted by molar-refractivity contribution is 0.204. The Labute approximate surface area is 94.0 Å². The molecule has 0 aliphatic heterocycles. The van der Waals surface area contributed by atoms with Crippen LogP contribution in [0.4, 0.5) is 10.6 Å². The second-order valence-corrected chi connectivity index (χ2v) is 3.87. The zero-order valence-electron chi connectivity index (χ0n) is 9.65. The van der Waals surface area contributed by atoms with Crippen LogP contribution in [0.3, 0.4) is 0 Å². The third-order valence-electron chi connectivity index (χ3n) is 2.37. The number of nitrogens with zero attached hydrogens (tertiary/aromatic N) is 1. The molecule has 1 aromatic rings. The molecule has 0 spiro atoms. The molecule has 6 nitrogen and oxygen atoms in total. The van der Waals surface area contributed by atoms with E-state index in [1.54, 1.807) is 13.0 Å². The average molecular weight is 227 g/mol. The maximum atomic E-state index is 11.5. The van der Waals surface area contributed by atoms with Crippen LogP contribution in [0.2, 0.25) is 0 Å². The second-order valence-electron chi connectivity index (χ2n) is 3.87. The van der Waals surface area contributed by atoms with Gasteiger partial charge in [0.05, 0.1) is 0 Å². The smallest absolute Gasteiger partial charge is 0.320 e. The van der Waals surface area contributed by atoms with E-state index >= 15 is 0 Å². The van der Waals surface area contributed by atoms with Gasteiger partial charge in [0.2, 0.25) is 0 Å². The minimum absolute atomic E-state index is 0.00444. The van der Waals surface area contributed by atoms with Crippen LogP contribution >= 0.6 is 0 Å². The number of nitrogens with one attached hydrogen (secondary N) is 2. The average Bonchev–Trinajstić information content (AvgIpc) is 2.62. The fourth-order valence-corrected chi connectivity index (χ4v) is 1.08. The van der Waals surface area contributed by atoms with Crippen molar-refractivity contribution in [1.29, 1.82) is 0 Å². The van der Waals surface area contributed by atoms with E-state index in [9.17, 15) is 4.79 Å². The Kier molecular flexibility index (Phi) is 4.30. The van der Waals surface area contributed by atoms with Crippen LogP contribution in [0.15, 0.2) is 10.6 Å². The highest BCUT2D eigenvalue weighted by atomic mass is 16.5. The normalized spacial score (nSPS) is 14.2. The number of carbonyl (C=O) groups is 1. The Hall–Kier alpha value is -1.56. The molecule has 3 N–H and O–H groups in total. The van der Waals surface area contributed by atoms with Gasteiger partial charge in [-0.15, -0.1) is 0 Å². The van der Waals surface area contributed by atoms with Crippen LogP contribution < -0.4 is 10.6 Å². The summed E-state index contributed by atoms with van der Waals surface area (Å²) in [6, 6.07) is 1.15. The first kappa shape index (κ1) is 12.5. The number of aliphatic hydroxyl groups is 1. The minimum Gasteiger partial charge on any atom is -0.396 e. The number of hydrogen-bond acceptors (Lipinski definition) is 4. The first-order valence-corrected chi connectivity index (χ1v) is 5.14. The molecule has 2 amide bonds. The van der Waals surface area contributed by atoms with E-state index in [4.69, 9.17) is 9.63 Å². The number of rotatable bonds is 4. The van der Waals surface area contributed by atoms with Crippen molar-refractivity contribution in [3.8, 4) is 0 Å². The van der Waals surface area contributed by atoms with Crippen LogP contribution in [0.25, 0.3) is 0 Å². The predicted molar refractivity (Wildman–Crippen MR) is 59.1 cm³/mol. The standard InChI is InChI=1S/C10H17N3O3/c1-6(5-14)8(3)11-10(15)12-9-4-7(2)16-13-9/h4,6,8,14H,5H2,1-3H3,(H2,11,12,13,15)/t6-,8-/m0/s1. The maximum absolute atomic E-state index is 11.5. The number of anilines is 1. The van der Waals surface area contributed by atoms with Crippen LogP contribution in [-0.4, -0.2) is 28.9 Å². The molecule has 0 saturated carbocycles. The lowest BCUT2D eigenvalue weighted by atomic mass is 10.1. The molecule has 2 atom stereocenters. The molecule has 0 saturated heterocycles. The van der Waals surface area contributed by atoms with Crippen molar-refractivity contribution in [1.82, 2.24) is 10.5 Å². The molecule has 0 unspecified atom stereocenters. The highest BCUT2D eigenvalue weighted by Crippen LogP contribution is 2.07. The number of aromatic nitrogens is 1. The zero-order valence-corrected chi connectivity index (χ0v) is 9.65. The largest absolute Gasteiger partial charge is 0.396 e. The molecule has 90 valence electrons. The van der Waals surface area contributed by atoms with Gasteiger partial charge in [-0.2, -0.15) is 0 Å². The summed E-state index contributed by atoms with van der Waals surface area (Å²) in [6.45, 7) is 5.46. The first-order chi connectivity index (χ1) is 7.52. The Balaban J connectivity index is 2.42. The molecular weight excluding hydrogens is 210 g/mol. The van der Waals surface area contributed by atoms with Crippen molar-refractivity contribution < 1.29 is 14.4 Å². The van der Waals surface area contributed by atoms with Gasteiger partial charge in [-0.1, -0.05) is 12.1 Å². The Morgan fingerprint density at radius 3 is 2.81 bits per heavy atom. The zero-order chi connectivity index (χ0) is 12.1. The highest BCUT2D eigenvalue weighted by molar-refractivity contribution is 5.88. The summed E-state index contributed by atoms with van der Waals surface area (Å²) < 4.78 is 4.81. The number of aryl methyl sites for hydroxylation is 1. The molecule has 0 aliphatic carbocycles. The summed E-state index contributed by atoms with van der Waals surface area (Å²) in [5.74, 6) is 1.01. The second kappa shape index (κ2) is 5.50. The van der Waals surface area contributed by atoms with Gasteiger partial charge in [0.15, 0.2) is 5.82 Å². The number of aliphatic hydroxyl groups excluding tert-OH is 1. The Bertz CT molecular complexity index is 351. The van der Waals surface area contributed by atoms with Gasteiger partial charge < -0.3 is 14.9 Å². The number of amides is 2. The van der Waals surface area contributed by atoms with Crippen molar-refractivity contribution in [2.45, 2.75) is 26.8 Å². The molecule has 0 aliphatic rings. The molecule has 6 heteroatoms. The lowest BCUT2D eigenvalue weighted by Gasteiger charge is -2.18. The topological polar surface area (TPSA) is 87.4 Å². The van der Waals surface area contributed by atoms with Crippen LogP contribution in [0.5, 0.6) is 0 Å². The Morgan fingerprint density at radius 2 is 2.31 bits per heavy atom. The van der Waals surface area contributed by atoms with Gasteiger partial charge in [-0.3, -0.25) is 5.32 Å². The van der Waals surface area contributed by atoms with Gasteiger partial charge in [-0.05, 0) is 19.8 Å². The molecule has 0 radical (unpaired) electrons. The van der Waals surface area contributed by atoms with E-state index in [-0.39, 0.29) is 24.6 Å². The fraction of sp³-hybridized carbons (Fsp3) is 0.600.